The molecule has 0 spiro atoms. The van der Waals surface area contributed by atoms with Crippen LogP contribution in [0.5, 0.6) is 0 Å². The number of carbonyl (C=O) groups excluding carboxylic acids is 2. The van der Waals surface area contributed by atoms with E-state index in [0.717, 1.165) is 6.07 Å². The topological polar surface area (TPSA) is 90.4 Å². The third-order valence-corrected chi connectivity index (χ3v) is 5.24. The number of rotatable bonds is 4. The van der Waals surface area contributed by atoms with E-state index in [0.29, 0.717) is 10.7 Å². The van der Waals surface area contributed by atoms with Crippen LogP contribution >= 0.6 is 11.6 Å². The molecular formula is C21H21ClFN3O5. The van der Waals surface area contributed by atoms with Crippen molar-refractivity contribution < 1.29 is 28.6 Å². The number of amides is 3. The van der Waals surface area contributed by atoms with Crippen molar-refractivity contribution in [3.63, 3.8) is 0 Å². The maximum absolute atomic E-state index is 14.7. The zero-order valence-corrected chi connectivity index (χ0v) is 17.5. The number of carbonyl (C=O) groups is 3. The zero-order chi connectivity index (χ0) is 22.5. The molecule has 1 aliphatic heterocycles. The van der Waals surface area contributed by atoms with Crippen molar-refractivity contribution in [2.24, 2.45) is 0 Å². The Balaban J connectivity index is 1.85. The fraction of sp³-hybridized carbons (Fsp3) is 0.286. The molecule has 0 aromatic heterocycles. The van der Waals surface area contributed by atoms with Gasteiger partial charge in [-0.2, -0.15) is 0 Å². The number of ether oxygens (including phenoxy) is 1. The lowest BCUT2D eigenvalue weighted by molar-refractivity contribution is 0.0600. The van der Waals surface area contributed by atoms with Gasteiger partial charge in [0, 0.05) is 42.5 Å². The van der Waals surface area contributed by atoms with Crippen molar-refractivity contribution in [2.75, 3.05) is 38.2 Å². The van der Waals surface area contributed by atoms with Gasteiger partial charge in [-0.15, -0.1) is 0 Å². The lowest BCUT2D eigenvalue weighted by Gasteiger charge is -2.36. The Labute approximate surface area is 183 Å². The fourth-order valence-corrected chi connectivity index (χ4v) is 3.37. The number of methoxy groups -OCH3 is 1. The monoisotopic (exact) mass is 449 g/mol. The quantitative estimate of drug-likeness (QED) is 0.719. The molecule has 8 nitrogen and oxygen atoms in total. The van der Waals surface area contributed by atoms with Crippen LogP contribution in [-0.4, -0.2) is 66.3 Å². The molecule has 1 fully saturated rings. The van der Waals surface area contributed by atoms with E-state index in [1.807, 2.05) is 0 Å². The molecule has 2 aromatic carbocycles. The molecule has 0 bridgehead atoms. The Morgan fingerprint density at radius 1 is 1.06 bits per heavy atom. The molecule has 1 aliphatic rings. The first-order valence-corrected chi connectivity index (χ1v) is 9.84. The minimum absolute atomic E-state index is 0.0675. The number of anilines is 1. The molecule has 164 valence electrons. The van der Waals surface area contributed by atoms with E-state index in [2.05, 4.69) is 4.74 Å². The highest BCUT2D eigenvalue weighted by atomic mass is 35.5. The van der Waals surface area contributed by atoms with Crippen molar-refractivity contribution >= 4 is 35.4 Å². The Kier molecular flexibility index (Phi) is 6.96. The maximum atomic E-state index is 14.7. The number of nitrogens with zero attached hydrogens (tertiary/aromatic N) is 3. The summed E-state index contributed by atoms with van der Waals surface area (Å²) in [6, 6.07) is 10.1. The smallest absolute Gasteiger partial charge is 0.407 e. The third-order valence-electron chi connectivity index (χ3n) is 4.99. The number of benzene rings is 2. The first-order chi connectivity index (χ1) is 14.8. The summed E-state index contributed by atoms with van der Waals surface area (Å²) in [7, 11) is 1.21. The van der Waals surface area contributed by atoms with Crippen LogP contribution < -0.4 is 4.90 Å². The summed E-state index contributed by atoms with van der Waals surface area (Å²) in [6.07, 6.45) is -1.03. The first-order valence-electron chi connectivity index (χ1n) is 9.46. The number of hydrogen-bond donors (Lipinski definition) is 1. The van der Waals surface area contributed by atoms with Crippen molar-refractivity contribution in [3.8, 4) is 0 Å². The van der Waals surface area contributed by atoms with Gasteiger partial charge in [-0.25, -0.2) is 18.8 Å². The predicted molar refractivity (Wildman–Crippen MR) is 112 cm³/mol. The van der Waals surface area contributed by atoms with Crippen molar-refractivity contribution in [1.29, 1.82) is 0 Å². The van der Waals surface area contributed by atoms with Crippen molar-refractivity contribution in [3.05, 3.63) is 64.4 Å². The lowest BCUT2D eigenvalue weighted by Crippen LogP contribution is -2.53. The summed E-state index contributed by atoms with van der Waals surface area (Å²) in [5.41, 5.74) is 0.782. The molecule has 31 heavy (non-hydrogen) atoms. The molecule has 0 atom stereocenters. The van der Waals surface area contributed by atoms with Gasteiger partial charge in [-0.3, -0.25) is 4.90 Å². The maximum Gasteiger partial charge on any atom is 0.407 e. The highest BCUT2D eigenvalue weighted by Crippen LogP contribution is 2.24. The molecule has 0 aliphatic carbocycles. The van der Waals surface area contributed by atoms with Gasteiger partial charge in [0.05, 0.1) is 19.2 Å². The minimum Gasteiger partial charge on any atom is -0.465 e. The molecule has 1 N–H and O–H groups in total. The Morgan fingerprint density at radius 3 is 2.23 bits per heavy atom. The Hall–Kier alpha value is -3.33. The number of esters is 1. The Bertz CT molecular complexity index is 977. The van der Waals surface area contributed by atoms with E-state index < -0.39 is 17.9 Å². The SMILES string of the molecule is COC(=O)c1ccc(CN(C(=O)N2CCN(C(=O)O)CC2)c2ccc(Cl)cc2)c(F)c1. The molecule has 0 saturated carbocycles. The van der Waals surface area contributed by atoms with E-state index in [9.17, 15) is 18.8 Å². The summed E-state index contributed by atoms with van der Waals surface area (Å²) in [5.74, 6) is -1.31. The summed E-state index contributed by atoms with van der Waals surface area (Å²) >= 11 is 5.96. The highest BCUT2D eigenvalue weighted by Gasteiger charge is 2.28. The van der Waals surface area contributed by atoms with Crippen LogP contribution in [0.2, 0.25) is 5.02 Å². The number of halogens is 2. The predicted octanol–water partition coefficient (Wildman–Crippen LogP) is 3.69. The van der Waals surface area contributed by atoms with Crippen molar-refractivity contribution in [2.45, 2.75) is 6.54 Å². The number of urea groups is 1. The molecular weight excluding hydrogens is 429 g/mol. The van der Waals surface area contributed by atoms with Gasteiger partial charge in [0.15, 0.2) is 0 Å². The second-order valence-corrected chi connectivity index (χ2v) is 7.34. The molecule has 3 rings (SSSR count). The van der Waals surface area contributed by atoms with Gasteiger partial charge in [-0.05, 0) is 36.4 Å². The van der Waals surface area contributed by atoms with Crippen LogP contribution in [0.3, 0.4) is 0 Å². The second-order valence-electron chi connectivity index (χ2n) is 6.90. The van der Waals surface area contributed by atoms with Gasteiger partial charge in [0.2, 0.25) is 0 Å². The fourth-order valence-electron chi connectivity index (χ4n) is 3.24. The first kappa shape index (κ1) is 22.4. The number of carboxylic acid groups (broad SMARTS) is 1. The van der Waals surface area contributed by atoms with E-state index in [1.165, 1.54) is 33.9 Å². The van der Waals surface area contributed by atoms with Crippen molar-refractivity contribution in [1.82, 2.24) is 9.80 Å². The average Bonchev–Trinajstić information content (AvgIpc) is 2.78. The van der Waals surface area contributed by atoms with E-state index in [1.54, 1.807) is 24.3 Å². The van der Waals surface area contributed by atoms with E-state index >= 15 is 0 Å². The normalized spacial score (nSPS) is 13.6. The van der Waals surface area contributed by atoms with Gasteiger partial charge in [-0.1, -0.05) is 17.7 Å². The molecule has 1 saturated heterocycles. The summed E-state index contributed by atoms with van der Waals surface area (Å²) in [4.78, 5) is 40.1. The van der Waals surface area contributed by atoms with E-state index in [4.69, 9.17) is 16.7 Å². The van der Waals surface area contributed by atoms with Crippen LogP contribution in [0.25, 0.3) is 0 Å². The van der Waals surface area contributed by atoms with Crippen LogP contribution in [0.15, 0.2) is 42.5 Å². The summed E-state index contributed by atoms with van der Waals surface area (Å²) < 4.78 is 19.3. The summed E-state index contributed by atoms with van der Waals surface area (Å²) in [6.45, 7) is 0.736. The van der Waals surface area contributed by atoms with Crippen LogP contribution in [0.4, 0.5) is 19.7 Å². The second kappa shape index (κ2) is 9.65. The Morgan fingerprint density at radius 2 is 1.68 bits per heavy atom. The molecule has 3 amide bonds. The third kappa shape index (κ3) is 5.24. The highest BCUT2D eigenvalue weighted by molar-refractivity contribution is 6.30. The molecule has 1 heterocycles. The van der Waals surface area contributed by atoms with Gasteiger partial charge in [0.25, 0.3) is 0 Å². The van der Waals surface area contributed by atoms with Crippen LogP contribution in [-0.2, 0) is 11.3 Å². The number of piperazine rings is 1. The van der Waals surface area contributed by atoms with Gasteiger partial charge >= 0.3 is 18.1 Å². The van der Waals surface area contributed by atoms with E-state index in [-0.39, 0.29) is 49.9 Å². The molecule has 0 radical (unpaired) electrons. The lowest BCUT2D eigenvalue weighted by atomic mass is 10.1. The van der Waals surface area contributed by atoms with Crippen LogP contribution in [0, 0.1) is 5.82 Å². The summed E-state index contributed by atoms with van der Waals surface area (Å²) in [5, 5.41) is 9.59. The largest absolute Gasteiger partial charge is 0.465 e. The van der Waals surface area contributed by atoms with Gasteiger partial charge in [0.1, 0.15) is 5.82 Å². The standard InChI is InChI=1S/C21H21ClFN3O5/c1-31-19(27)14-2-3-15(18(23)12-14)13-26(17-6-4-16(22)5-7-17)20(28)24-8-10-25(11-9-24)21(29)30/h2-7,12H,8-11,13H2,1H3,(H,29,30). The average molecular weight is 450 g/mol. The van der Waals surface area contributed by atoms with Crippen LogP contribution in [0.1, 0.15) is 15.9 Å². The zero-order valence-electron chi connectivity index (χ0n) is 16.8. The minimum atomic E-state index is -1.03. The van der Waals surface area contributed by atoms with Gasteiger partial charge < -0.3 is 19.6 Å². The number of hydrogen-bond acceptors (Lipinski definition) is 4. The molecule has 10 heteroatoms. The molecule has 2 aromatic rings. The molecule has 0 unspecified atom stereocenters.